The van der Waals surface area contributed by atoms with Gasteiger partial charge in [-0.2, -0.15) is 4.37 Å². The molecule has 0 saturated heterocycles. The standard InChI is InChI=1S/C16H17N5OS2/c1-3-21-14(11-6-8-12(22-2)9-7-11)18-19-15(21)23-16-17-13(20-24-16)10-4-5-10/h6-10H,3-5H2,1-2H3. The molecule has 8 heteroatoms. The summed E-state index contributed by atoms with van der Waals surface area (Å²) in [5, 5.41) is 9.57. The zero-order chi connectivity index (χ0) is 16.5. The van der Waals surface area contributed by atoms with Gasteiger partial charge in [0.25, 0.3) is 0 Å². The first-order valence-corrected chi connectivity index (χ1v) is 9.46. The van der Waals surface area contributed by atoms with Gasteiger partial charge in [0.2, 0.25) is 0 Å². The lowest BCUT2D eigenvalue weighted by Crippen LogP contribution is -1.99. The Morgan fingerprint density at radius 2 is 2.04 bits per heavy atom. The quantitative estimate of drug-likeness (QED) is 0.666. The third-order valence-electron chi connectivity index (χ3n) is 3.93. The fourth-order valence-electron chi connectivity index (χ4n) is 2.45. The van der Waals surface area contributed by atoms with E-state index in [1.54, 1.807) is 7.11 Å². The second-order valence-electron chi connectivity index (χ2n) is 5.57. The summed E-state index contributed by atoms with van der Waals surface area (Å²) in [6.45, 7) is 2.89. The van der Waals surface area contributed by atoms with Gasteiger partial charge in [0.05, 0.1) is 7.11 Å². The number of hydrogen-bond donors (Lipinski definition) is 0. The van der Waals surface area contributed by atoms with Gasteiger partial charge in [0, 0.05) is 18.0 Å². The third-order valence-corrected chi connectivity index (χ3v) is 5.68. The molecule has 0 spiro atoms. The van der Waals surface area contributed by atoms with Gasteiger partial charge in [0.1, 0.15) is 11.6 Å². The Labute approximate surface area is 148 Å². The van der Waals surface area contributed by atoms with E-state index >= 15 is 0 Å². The van der Waals surface area contributed by atoms with Crippen molar-refractivity contribution in [1.82, 2.24) is 24.1 Å². The summed E-state index contributed by atoms with van der Waals surface area (Å²) in [5.41, 5.74) is 1.02. The molecule has 124 valence electrons. The maximum Gasteiger partial charge on any atom is 0.198 e. The monoisotopic (exact) mass is 359 g/mol. The van der Waals surface area contributed by atoms with Crippen molar-refractivity contribution in [2.75, 3.05) is 7.11 Å². The van der Waals surface area contributed by atoms with Crippen LogP contribution in [-0.2, 0) is 6.54 Å². The number of benzene rings is 1. The summed E-state index contributed by atoms with van der Waals surface area (Å²) in [7, 11) is 1.66. The van der Waals surface area contributed by atoms with Gasteiger partial charge in [-0.25, -0.2) is 4.98 Å². The van der Waals surface area contributed by atoms with Gasteiger partial charge in [0.15, 0.2) is 15.3 Å². The zero-order valence-corrected chi connectivity index (χ0v) is 15.1. The highest BCUT2D eigenvalue weighted by molar-refractivity contribution is 8.00. The fourth-order valence-corrected chi connectivity index (χ4v) is 4.13. The average molecular weight is 359 g/mol. The molecular formula is C16H17N5OS2. The van der Waals surface area contributed by atoms with Crippen LogP contribution >= 0.6 is 23.3 Å². The average Bonchev–Trinajstić information content (AvgIpc) is 3.24. The van der Waals surface area contributed by atoms with E-state index in [4.69, 9.17) is 4.74 Å². The lowest BCUT2D eigenvalue weighted by Gasteiger charge is -2.07. The maximum absolute atomic E-state index is 5.21. The maximum atomic E-state index is 5.21. The van der Waals surface area contributed by atoms with Crippen LogP contribution in [0.25, 0.3) is 11.4 Å². The first-order chi connectivity index (χ1) is 11.8. The SMILES string of the molecule is CCn1c(Sc2nc(C3CC3)ns2)nnc1-c1ccc(OC)cc1. The molecule has 0 radical (unpaired) electrons. The molecule has 1 fully saturated rings. The Kier molecular flexibility index (Phi) is 4.24. The molecule has 1 aliphatic carbocycles. The molecule has 0 amide bonds. The van der Waals surface area contributed by atoms with E-state index < -0.39 is 0 Å². The minimum Gasteiger partial charge on any atom is -0.497 e. The molecule has 1 aromatic carbocycles. The number of hydrogen-bond acceptors (Lipinski definition) is 7. The van der Waals surface area contributed by atoms with E-state index in [-0.39, 0.29) is 0 Å². The molecule has 1 aliphatic rings. The van der Waals surface area contributed by atoms with Gasteiger partial charge in [-0.3, -0.25) is 0 Å². The van der Waals surface area contributed by atoms with Crippen LogP contribution in [0.5, 0.6) is 5.75 Å². The molecule has 2 aromatic heterocycles. The highest BCUT2D eigenvalue weighted by Gasteiger charge is 2.28. The van der Waals surface area contributed by atoms with Crippen molar-refractivity contribution < 1.29 is 4.74 Å². The first kappa shape index (κ1) is 15.6. The minimum absolute atomic E-state index is 0.578. The number of rotatable bonds is 6. The normalized spacial score (nSPS) is 14.1. The molecule has 0 N–H and O–H groups in total. The number of methoxy groups -OCH3 is 1. The van der Waals surface area contributed by atoms with Crippen molar-refractivity contribution in [3.05, 3.63) is 30.1 Å². The lowest BCUT2D eigenvalue weighted by molar-refractivity contribution is 0.415. The molecule has 0 unspecified atom stereocenters. The second-order valence-corrected chi connectivity index (χ2v) is 7.54. The molecule has 1 saturated carbocycles. The van der Waals surface area contributed by atoms with E-state index in [9.17, 15) is 0 Å². The van der Waals surface area contributed by atoms with E-state index in [1.807, 2.05) is 24.3 Å². The predicted octanol–water partition coefficient (Wildman–Crippen LogP) is 3.85. The highest BCUT2D eigenvalue weighted by Crippen LogP contribution is 2.40. The molecule has 24 heavy (non-hydrogen) atoms. The molecule has 2 heterocycles. The summed E-state index contributed by atoms with van der Waals surface area (Å²) < 4.78 is 12.7. The van der Waals surface area contributed by atoms with E-state index in [2.05, 4.69) is 31.0 Å². The van der Waals surface area contributed by atoms with Crippen molar-refractivity contribution in [1.29, 1.82) is 0 Å². The molecule has 0 bridgehead atoms. The van der Waals surface area contributed by atoms with Crippen LogP contribution < -0.4 is 4.74 Å². The lowest BCUT2D eigenvalue weighted by atomic mass is 10.2. The van der Waals surface area contributed by atoms with Gasteiger partial charge >= 0.3 is 0 Å². The minimum atomic E-state index is 0.578. The van der Waals surface area contributed by atoms with Gasteiger partial charge in [-0.05, 0) is 67.3 Å². The summed E-state index contributed by atoms with van der Waals surface area (Å²) in [6.07, 6.45) is 2.43. The van der Waals surface area contributed by atoms with Crippen molar-refractivity contribution in [2.24, 2.45) is 0 Å². The molecule has 0 atom stereocenters. The van der Waals surface area contributed by atoms with Crippen molar-refractivity contribution in [2.45, 2.75) is 41.7 Å². The smallest absolute Gasteiger partial charge is 0.198 e. The summed E-state index contributed by atoms with van der Waals surface area (Å²) >= 11 is 2.98. The molecular weight excluding hydrogens is 342 g/mol. The summed E-state index contributed by atoms with van der Waals surface area (Å²) in [4.78, 5) is 4.62. The number of ether oxygens (including phenoxy) is 1. The Balaban J connectivity index is 1.60. The van der Waals surface area contributed by atoms with Crippen LogP contribution in [0.2, 0.25) is 0 Å². The molecule has 6 nitrogen and oxygen atoms in total. The number of aromatic nitrogens is 5. The van der Waals surface area contributed by atoms with E-state index in [0.717, 1.165) is 39.0 Å². The van der Waals surface area contributed by atoms with Crippen LogP contribution in [0.4, 0.5) is 0 Å². The van der Waals surface area contributed by atoms with Crippen LogP contribution in [0, 0.1) is 0 Å². The van der Waals surface area contributed by atoms with Crippen LogP contribution in [0.1, 0.15) is 31.5 Å². The highest BCUT2D eigenvalue weighted by atomic mass is 32.2. The van der Waals surface area contributed by atoms with Crippen molar-refractivity contribution in [3.8, 4) is 17.1 Å². The van der Waals surface area contributed by atoms with Gasteiger partial charge in [-0.1, -0.05) is 0 Å². The largest absolute Gasteiger partial charge is 0.497 e. The summed E-state index contributed by atoms with van der Waals surface area (Å²) in [6, 6.07) is 7.87. The first-order valence-electron chi connectivity index (χ1n) is 7.87. The third kappa shape index (κ3) is 3.03. The Morgan fingerprint density at radius 1 is 1.25 bits per heavy atom. The van der Waals surface area contributed by atoms with Gasteiger partial charge in [-0.15, -0.1) is 10.2 Å². The van der Waals surface area contributed by atoms with Crippen LogP contribution in [0.15, 0.2) is 33.8 Å². The molecule has 3 aromatic rings. The molecule has 0 aliphatic heterocycles. The van der Waals surface area contributed by atoms with Crippen molar-refractivity contribution in [3.63, 3.8) is 0 Å². The van der Waals surface area contributed by atoms with E-state index in [1.165, 1.54) is 36.1 Å². The number of nitrogens with zero attached hydrogens (tertiary/aromatic N) is 5. The Hall–Kier alpha value is -1.93. The topological polar surface area (TPSA) is 65.7 Å². The van der Waals surface area contributed by atoms with Crippen LogP contribution in [-0.4, -0.2) is 31.2 Å². The Bertz CT molecular complexity index is 839. The Morgan fingerprint density at radius 3 is 2.71 bits per heavy atom. The zero-order valence-electron chi connectivity index (χ0n) is 13.5. The van der Waals surface area contributed by atoms with Crippen LogP contribution in [0.3, 0.4) is 0 Å². The summed E-state index contributed by atoms with van der Waals surface area (Å²) in [5.74, 6) is 3.25. The van der Waals surface area contributed by atoms with Crippen molar-refractivity contribution >= 4 is 23.3 Å². The second kappa shape index (κ2) is 6.52. The fraction of sp³-hybridized carbons (Fsp3) is 0.375. The van der Waals surface area contributed by atoms with E-state index in [0.29, 0.717) is 5.92 Å². The van der Waals surface area contributed by atoms with Gasteiger partial charge < -0.3 is 9.30 Å². The molecule has 4 rings (SSSR count). The predicted molar refractivity (Wildman–Crippen MR) is 93.7 cm³/mol.